The van der Waals surface area contributed by atoms with Gasteiger partial charge in [0.25, 0.3) is 5.91 Å². The van der Waals surface area contributed by atoms with Crippen LogP contribution in [0.2, 0.25) is 0 Å². The van der Waals surface area contributed by atoms with Crippen LogP contribution in [0.15, 0.2) is 78.9 Å². The van der Waals surface area contributed by atoms with Gasteiger partial charge in [0.05, 0.1) is 44.1 Å². The van der Waals surface area contributed by atoms with Crippen molar-refractivity contribution in [3.8, 4) is 0 Å². The number of aliphatic hydroxyl groups excluding tert-OH is 1. The fraction of sp³-hybridized carbons (Fsp3) is 0.382. The molecule has 11 nitrogen and oxygen atoms in total. The van der Waals surface area contributed by atoms with Crippen LogP contribution in [-0.4, -0.2) is 72.9 Å². The Morgan fingerprint density at radius 1 is 0.889 bits per heavy atom. The first-order valence-electron chi connectivity index (χ1n) is 15.2. The summed E-state index contributed by atoms with van der Waals surface area (Å²) in [4.78, 5) is 41.8. The van der Waals surface area contributed by atoms with E-state index in [4.69, 9.17) is 18.9 Å². The van der Waals surface area contributed by atoms with Crippen molar-refractivity contribution in [3.63, 3.8) is 0 Å². The van der Waals surface area contributed by atoms with E-state index in [1.165, 1.54) is 0 Å². The van der Waals surface area contributed by atoms with Crippen molar-refractivity contribution in [2.75, 3.05) is 37.7 Å². The molecule has 0 aliphatic carbocycles. The molecule has 3 saturated heterocycles. The van der Waals surface area contributed by atoms with Gasteiger partial charge in [-0.05, 0) is 28.8 Å². The first kappa shape index (κ1) is 30.9. The average Bonchev–Trinajstić information content (AvgIpc) is 3.36. The number of morpholine rings is 1. The Morgan fingerprint density at radius 3 is 2.31 bits per heavy atom. The van der Waals surface area contributed by atoms with Gasteiger partial charge < -0.3 is 29.4 Å². The third-order valence-corrected chi connectivity index (χ3v) is 8.26. The quantitative estimate of drug-likeness (QED) is 0.347. The Balaban J connectivity index is 1.12. The number of hydrogen-bond donors (Lipinski definition) is 2. The zero-order chi connectivity index (χ0) is 31.2. The summed E-state index contributed by atoms with van der Waals surface area (Å²) in [6, 6.07) is 22.9. The van der Waals surface area contributed by atoms with Crippen LogP contribution in [0.1, 0.15) is 47.5 Å². The first-order valence-corrected chi connectivity index (χ1v) is 15.2. The fourth-order valence-electron chi connectivity index (χ4n) is 5.81. The highest BCUT2D eigenvalue weighted by atomic mass is 16.7. The summed E-state index contributed by atoms with van der Waals surface area (Å²) in [5.74, 6) is -0.935. The Morgan fingerprint density at radius 2 is 1.60 bits per heavy atom. The second-order valence-electron chi connectivity index (χ2n) is 11.4. The SMILES string of the molecule is O=C(NC1CC(=O)N(c2ccc(C3OC(CN4CCOCC4)CC(c4ccc(CO)cc4)O3)cc2)C1=O)OCc1ccccc1. The zero-order valence-electron chi connectivity index (χ0n) is 24.9. The molecule has 0 spiro atoms. The average molecular weight is 616 g/mol. The highest BCUT2D eigenvalue weighted by molar-refractivity contribution is 6.22. The van der Waals surface area contributed by atoms with Gasteiger partial charge in [-0.3, -0.25) is 14.5 Å². The Hall–Kier alpha value is -4.13. The highest BCUT2D eigenvalue weighted by Gasteiger charge is 2.41. The summed E-state index contributed by atoms with van der Waals surface area (Å²) in [5, 5.41) is 12.0. The van der Waals surface area contributed by atoms with E-state index in [9.17, 15) is 19.5 Å². The monoisotopic (exact) mass is 615 g/mol. The number of aliphatic hydroxyl groups is 1. The molecule has 6 rings (SSSR count). The first-order chi connectivity index (χ1) is 22.0. The van der Waals surface area contributed by atoms with Crippen molar-refractivity contribution in [2.24, 2.45) is 0 Å². The molecule has 0 bridgehead atoms. The minimum Gasteiger partial charge on any atom is -0.445 e. The lowest BCUT2D eigenvalue weighted by Gasteiger charge is -2.39. The van der Waals surface area contributed by atoms with E-state index >= 15 is 0 Å². The van der Waals surface area contributed by atoms with Gasteiger partial charge in [-0.2, -0.15) is 0 Å². The number of alkyl carbamates (subject to hydrolysis) is 1. The smallest absolute Gasteiger partial charge is 0.408 e. The van der Waals surface area contributed by atoms with Crippen molar-refractivity contribution < 1.29 is 38.4 Å². The Kier molecular flexibility index (Phi) is 9.82. The summed E-state index contributed by atoms with van der Waals surface area (Å²) in [6.45, 7) is 3.84. The topological polar surface area (TPSA) is 127 Å². The van der Waals surface area contributed by atoms with Gasteiger partial charge in [-0.15, -0.1) is 0 Å². The van der Waals surface area contributed by atoms with E-state index < -0.39 is 30.2 Å². The molecule has 3 aliphatic rings. The van der Waals surface area contributed by atoms with Gasteiger partial charge in [-0.1, -0.05) is 66.7 Å². The molecule has 3 heterocycles. The van der Waals surface area contributed by atoms with Crippen LogP contribution >= 0.6 is 0 Å². The summed E-state index contributed by atoms with van der Waals surface area (Å²) < 4.78 is 23.6. The van der Waals surface area contributed by atoms with Gasteiger partial charge in [-0.25, -0.2) is 9.69 Å². The molecule has 3 aromatic carbocycles. The molecule has 3 fully saturated rings. The molecule has 11 heteroatoms. The van der Waals surface area contributed by atoms with E-state index in [1.54, 1.807) is 24.3 Å². The van der Waals surface area contributed by atoms with E-state index in [2.05, 4.69) is 10.2 Å². The van der Waals surface area contributed by atoms with E-state index in [-0.39, 0.29) is 31.8 Å². The number of carbonyl (C=O) groups excluding carboxylic acids is 3. The predicted molar refractivity (Wildman–Crippen MR) is 163 cm³/mol. The Bertz CT molecular complexity index is 1460. The molecule has 0 saturated carbocycles. The number of carbonyl (C=O) groups is 3. The number of hydrogen-bond acceptors (Lipinski definition) is 9. The van der Waals surface area contributed by atoms with Crippen molar-refractivity contribution >= 4 is 23.6 Å². The van der Waals surface area contributed by atoms with Crippen molar-refractivity contribution in [1.29, 1.82) is 0 Å². The third-order valence-electron chi connectivity index (χ3n) is 8.26. The lowest BCUT2D eigenvalue weighted by Crippen LogP contribution is -2.44. The lowest BCUT2D eigenvalue weighted by atomic mass is 9.99. The summed E-state index contributed by atoms with van der Waals surface area (Å²) >= 11 is 0. The van der Waals surface area contributed by atoms with Gasteiger partial charge >= 0.3 is 6.09 Å². The molecule has 0 aromatic heterocycles. The highest BCUT2D eigenvalue weighted by Crippen LogP contribution is 2.39. The van der Waals surface area contributed by atoms with E-state index in [1.807, 2.05) is 54.6 Å². The maximum absolute atomic E-state index is 13.1. The standard InChI is InChI=1S/C34H37N3O8/c38-21-23-6-8-25(9-7-23)30-18-28(20-36-14-16-42-17-15-36)44-33(45-30)26-10-12-27(13-11-26)37-31(39)19-29(32(37)40)35-34(41)43-22-24-4-2-1-3-5-24/h1-13,28-30,33,38H,14-22H2,(H,35,41). The molecular weight excluding hydrogens is 578 g/mol. The molecule has 2 N–H and O–H groups in total. The number of anilines is 1. The fourth-order valence-corrected chi connectivity index (χ4v) is 5.81. The molecule has 0 radical (unpaired) electrons. The number of nitrogens with zero attached hydrogens (tertiary/aromatic N) is 2. The zero-order valence-corrected chi connectivity index (χ0v) is 24.9. The van der Waals surface area contributed by atoms with Crippen molar-refractivity contribution in [2.45, 2.75) is 50.6 Å². The van der Waals surface area contributed by atoms with Gasteiger partial charge in [0.1, 0.15) is 12.6 Å². The van der Waals surface area contributed by atoms with Crippen LogP contribution in [-0.2, 0) is 41.8 Å². The molecule has 236 valence electrons. The minimum absolute atomic E-state index is 0.0271. The van der Waals surface area contributed by atoms with Crippen LogP contribution < -0.4 is 10.2 Å². The molecule has 3 amide bonds. The Labute approximate surface area is 261 Å². The van der Waals surface area contributed by atoms with Crippen molar-refractivity contribution in [1.82, 2.24) is 10.2 Å². The molecular formula is C34H37N3O8. The van der Waals surface area contributed by atoms with Gasteiger partial charge in [0.15, 0.2) is 6.29 Å². The molecule has 3 aliphatic heterocycles. The number of ether oxygens (including phenoxy) is 4. The lowest BCUT2D eigenvalue weighted by molar-refractivity contribution is -0.253. The molecule has 4 unspecified atom stereocenters. The van der Waals surface area contributed by atoms with Crippen LogP contribution in [0.5, 0.6) is 0 Å². The molecule has 3 aromatic rings. The summed E-state index contributed by atoms with van der Waals surface area (Å²) in [6.07, 6.45) is -1.24. The summed E-state index contributed by atoms with van der Waals surface area (Å²) in [5.41, 5.74) is 3.79. The number of nitrogens with one attached hydrogen (secondary N) is 1. The summed E-state index contributed by atoms with van der Waals surface area (Å²) in [7, 11) is 0. The van der Waals surface area contributed by atoms with E-state index in [0.29, 0.717) is 25.3 Å². The maximum Gasteiger partial charge on any atom is 0.408 e. The predicted octanol–water partition coefficient (Wildman–Crippen LogP) is 3.61. The number of rotatable bonds is 9. The minimum atomic E-state index is -1.01. The van der Waals surface area contributed by atoms with Crippen LogP contribution in [0.25, 0.3) is 0 Å². The normalized spacial score (nSPS) is 24.1. The van der Waals surface area contributed by atoms with Gasteiger partial charge in [0, 0.05) is 31.6 Å². The van der Waals surface area contributed by atoms with E-state index in [0.717, 1.165) is 46.8 Å². The van der Waals surface area contributed by atoms with Crippen LogP contribution in [0, 0.1) is 0 Å². The number of benzene rings is 3. The second kappa shape index (κ2) is 14.3. The van der Waals surface area contributed by atoms with Crippen molar-refractivity contribution in [3.05, 3.63) is 101 Å². The van der Waals surface area contributed by atoms with Crippen LogP contribution in [0.3, 0.4) is 0 Å². The number of amides is 3. The largest absolute Gasteiger partial charge is 0.445 e. The van der Waals surface area contributed by atoms with Crippen LogP contribution in [0.4, 0.5) is 10.5 Å². The second-order valence-corrected chi connectivity index (χ2v) is 11.4. The van der Waals surface area contributed by atoms with Gasteiger partial charge in [0.2, 0.25) is 5.91 Å². The molecule has 45 heavy (non-hydrogen) atoms. The third kappa shape index (κ3) is 7.58. The maximum atomic E-state index is 13.1. The number of imide groups is 1. The molecule has 4 atom stereocenters.